The summed E-state index contributed by atoms with van der Waals surface area (Å²) in [6.45, 7) is 3.93. The Balaban J connectivity index is 1.87. The number of thiazole rings is 1. The van der Waals surface area contributed by atoms with Crippen LogP contribution in [-0.2, 0) is 9.84 Å². The van der Waals surface area contributed by atoms with Crippen LogP contribution in [0, 0.1) is 6.92 Å². The molecule has 25 heavy (non-hydrogen) atoms. The first-order valence-electron chi connectivity index (χ1n) is 7.84. The Hall–Kier alpha value is -2.07. The van der Waals surface area contributed by atoms with Crippen molar-refractivity contribution in [2.24, 2.45) is 0 Å². The van der Waals surface area contributed by atoms with Crippen molar-refractivity contribution in [2.75, 3.05) is 18.1 Å². The van der Waals surface area contributed by atoms with Crippen LogP contribution in [0.25, 0.3) is 11.5 Å². The average Bonchev–Trinajstić information content (AvgIpc) is 3.13. The van der Waals surface area contributed by atoms with Crippen molar-refractivity contribution in [1.82, 2.24) is 19.9 Å². The van der Waals surface area contributed by atoms with Crippen LogP contribution in [0.2, 0.25) is 0 Å². The second-order valence-corrected chi connectivity index (χ2v) is 9.17. The lowest BCUT2D eigenvalue weighted by Crippen LogP contribution is -2.43. The summed E-state index contributed by atoms with van der Waals surface area (Å²) in [5.74, 6) is -0.191. The summed E-state index contributed by atoms with van der Waals surface area (Å²) in [6.07, 6.45) is 1.63. The lowest BCUT2D eigenvalue weighted by molar-refractivity contribution is 0.0706. The Labute approximate surface area is 148 Å². The van der Waals surface area contributed by atoms with E-state index in [1.165, 1.54) is 22.4 Å². The van der Waals surface area contributed by atoms with E-state index in [2.05, 4.69) is 15.0 Å². The number of sulfone groups is 1. The minimum atomic E-state index is -3.12. The number of aromatic nitrogens is 3. The molecule has 134 valence electrons. The normalized spacial score (nSPS) is 19.0. The maximum atomic E-state index is 12.7. The predicted octanol–water partition coefficient (Wildman–Crippen LogP) is 0.851. The first-order valence-corrected chi connectivity index (χ1v) is 10.5. The van der Waals surface area contributed by atoms with Crippen molar-refractivity contribution in [3.8, 4) is 11.5 Å². The molecule has 8 nitrogen and oxygen atoms in total. The lowest BCUT2D eigenvalue weighted by atomic mass is 10.2. The number of aryl methyl sites for hydroxylation is 1. The van der Waals surface area contributed by atoms with Crippen molar-refractivity contribution in [2.45, 2.75) is 26.3 Å². The molecule has 3 rings (SSSR count). The van der Waals surface area contributed by atoms with Gasteiger partial charge in [0.1, 0.15) is 11.3 Å². The number of H-pyrrole nitrogens is 1. The quantitative estimate of drug-likeness (QED) is 0.839. The first-order chi connectivity index (χ1) is 11.8. The number of hydrogen-bond donors (Lipinski definition) is 1. The lowest BCUT2D eigenvalue weighted by Gasteiger charge is -2.26. The molecular formula is C15H18N4O4S2. The van der Waals surface area contributed by atoms with E-state index in [1.807, 2.05) is 6.92 Å². The molecule has 0 radical (unpaired) electrons. The molecule has 1 N–H and O–H groups in total. The number of rotatable bonds is 4. The third-order valence-corrected chi connectivity index (χ3v) is 6.67. The highest BCUT2D eigenvalue weighted by atomic mass is 32.2. The van der Waals surface area contributed by atoms with Gasteiger partial charge in [0.25, 0.3) is 11.5 Å². The molecule has 0 unspecified atom stereocenters. The summed E-state index contributed by atoms with van der Waals surface area (Å²) in [6, 6.07) is -0.400. The van der Waals surface area contributed by atoms with Gasteiger partial charge >= 0.3 is 0 Å². The highest BCUT2D eigenvalue weighted by Crippen LogP contribution is 2.20. The van der Waals surface area contributed by atoms with Crippen LogP contribution in [-0.4, -0.2) is 58.3 Å². The molecule has 1 atom stereocenters. The largest absolute Gasteiger partial charge is 0.335 e. The number of aromatic amines is 1. The van der Waals surface area contributed by atoms with Gasteiger partial charge in [0, 0.05) is 24.2 Å². The van der Waals surface area contributed by atoms with Gasteiger partial charge in [-0.05, 0) is 20.3 Å². The SMILES string of the molecule is CCN(C(=O)c1cnc(-c2csc(C)n2)[nH]c1=O)[C@@H]1CCS(=O)(=O)C1. The molecule has 1 saturated heterocycles. The van der Waals surface area contributed by atoms with Gasteiger partial charge in [-0.1, -0.05) is 0 Å². The third kappa shape index (κ3) is 3.64. The van der Waals surface area contributed by atoms with Crippen LogP contribution in [0.4, 0.5) is 0 Å². The van der Waals surface area contributed by atoms with Gasteiger partial charge in [-0.3, -0.25) is 9.59 Å². The summed E-state index contributed by atoms with van der Waals surface area (Å²) in [7, 11) is -3.12. The van der Waals surface area contributed by atoms with Crippen LogP contribution < -0.4 is 5.56 Å². The molecule has 0 aliphatic carbocycles. The van der Waals surface area contributed by atoms with Crippen LogP contribution in [0.15, 0.2) is 16.4 Å². The summed E-state index contributed by atoms with van der Waals surface area (Å²) < 4.78 is 23.3. The topological polar surface area (TPSA) is 113 Å². The maximum Gasteiger partial charge on any atom is 0.264 e. The van der Waals surface area contributed by atoms with E-state index in [-0.39, 0.29) is 17.1 Å². The zero-order chi connectivity index (χ0) is 18.2. The minimum Gasteiger partial charge on any atom is -0.335 e. The zero-order valence-corrected chi connectivity index (χ0v) is 15.5. The highest BCUT2D eigenvalue weighted by molar-refractivity contribution is 7.91. The zero-order valence-electron chi connectivity index (χ0n) is 13.9. The fourth-order valence-corrected chi connectivity index (χ4v) is 5.22. The minimum absolute atomic E-state index is 0.0614. The van der Waals surface area contributed by atoms with Crippen molar-refractivity contribution in [3.63, 3.8) is 0 Å². The Morgan fingerprint density at radius 1 is 1.48 bits per heavy atom. The molecular weight excluding hydrogens is 364 g/mol. The van der Waals surface area contributed by atoms with Gasteiger partial charge in [-0.2, -0.15) is 0 Å². The number of nitrogens with one attached hydrogen (secondary N) is 1. The number of hydrogen-bond acceptors (Lipinski definition) is 7. The van der Waals surface area contributed by atoms with E-state index in [4.69, 9.17) is 0 Å². The molecule has 2 aromatic rings. The smallest absolute Gasteiger partial charge is 0.264 e. The van der Waals surface area contributed by atoms with Crippen molar-refractivity contribution >= 4 is 27.1 Å². The van der Waals surface area contributed by atoms with Crippen molar-refractivity contribution in [1.29, 1.82) is 0 Å². The van der Waals surface area contributed by atoms with E-state index < -0.39 is 27.3 Å². The Bertz CT molecular complexity index is 964. The summed E-state index contributed by atoms with van der Waals surface area (Å²) in [4.78, 5) is 37.5. The van der Waals surface area contributed by atoms with Crippen LogP contribution in [0.3, 0.4) is 0 Å². The molecule has 0 saturated carbocycles. The van der Waals surface area contributed by atoms with Gasteiger partial charge in [0.2, 0.25) is 0 Å². The molecule has 0 bridgehead atoms. The van der Waals surface area contributed by atoms with Gasteiger partial charge in [-0.15, -0.1) is 11.3 Å². The molecule has 2 aromatic heterocycles. The summed E-state index contributed by atoms with van der Waals surface area (Å²) >= 11 is 1.44. The number of amides is 1. The second-order valence-electron chi connectivity index (χ2n) is 5.87. The van der Waals surface area contributed by atoms with Gasteiger partial charge in [-0.25, -0.2) is 18.4 Å². The number of nitrogens with zero attached hydrogens (tertiary/aromatic N) is 3. The molecule has 1 aliphatic heterocycles. The van der Waals surface area contributed by atoms with Gasteiger partial charge in [0.05, 0.1) is 16.5 Å². The van der Waals surface area contributed by atoms with Gasteiger partial charge < -0.3 is 9.88 Å². The molecule has 3 heterocycles. The number of carbonyl (C=O) groups is 1. The predicted molar refractivity (Wildman–Crippen MR) is 94.5 cm³/mol. The second kappa shape index (κ2) is 6.68. The average molecular weight is 382 g/mol. The molecule has 0 aromatic carbocycles. The summed E-state index contributed by atoms with van der Waals surface area (Å²) in [5, 5.41) is 2.62. The van der Waals surface area contributed by atoms with E-state index in [0.29, 0.717) is 24.5 Å². The molecule has 1 fully saturated rings. The monoisotopic (exact) mass is 382 g/mol. The van der Waals surface area contributed by atoms with Crippen molar-refractivity contribution in [3.05, 3.63) is 32.5 Å². The standard InChI is InChI=1S/C15H18N4O4S2/c1-3-19(10-4-5-25(22,23)8-10)15(21)11-6-16-13(18-14(11)20)12-7-24-9(2)17-12/h6-7,10H,3-5,8H2,1-2H3,(H,16,18,20)/t10-/m1/s1. The van der Waals surface area contributed by atoms with E-state index >= 15 is 0 Å². The van der Waals surface area contributed by atoms with E-state index in [0.717, 1.165) is 5.01 Å². The van der Waals surface area contributed by atoms with Crippen molar-refractivity contribution < 1.29 is 13.2 Å². The molecule has 10 heteroatoms. The first kappa shape index (κ1) is 17.7. The Kier molecular flexibility index (Phi) is 4.74. The van der Waals surface area contributed by atoms with Crippen LogP contribution in [0.5, 0.6) is 0 Å². The maximum absolute atomic E-state index is 12.7. The molecule has 1 aliphatic rings. The highest BCUT2D eigenvalue weighted by Gasteiger charge is 2.35. The summed E-state index contributed by atoms with van der Waals surface area (Å²) in [5.41, 5.74) is -0.102. The number of carbonyl (C=O) groups excluding carboxylic acids is 1. The van der Waals surface area contributed by atoms with Crippen LogP contribution in [0.1, 0.15) is 28.7 Å². The van der Waals surface area contributed by atoms with E-state index in [9.17, 15) is 18.0 Å². The van der Waals surface area contributed by atoms with Crippen LogP contribution >= 0.6 is 11.3 Å². The third-order valence-electron chi connectivity index (χ3n) is 4.14. The molecule has 0 spiro atoms. The van der Waals surface area contributed by atoms with Gasteiger partial charge in [0.15, 0.2) is 15.7 Å². The Morgan fingerprint density at radius 2 is 2.24 bits per heavy atom. The Morgan fingerprint density at radius 3 is 2.76 bits per heavy atom. The fourth-order valence-electron chi connectivity index (χ4n) is 2.89. The van der Waals surface area contributed by atoms with E-state index in [1.54, 1.807) is 12.3 Å². The molecule has 1 amide bonds. The fraction of sp³-hybridized carbons (Fsp3) is 0.467.